The van der Waals surface area contributed by atoms with Crippen LogP contribution >= 0.6 is 0 Å². The predicted octanol–water partition coefficient (Wildman–Crippen LogP) is 2.47. The molecule has 5 rings (SSSR count). The molecule has 3 aromatic rings. The van der Waals surface area contributed by atoms with E-state index in [9.17, 15) is 24.0 Å². The van der Waals surface area contributed by atoms with Crippen LogP contribution in [0.15, 0.2) is 61.1 Å². The summed E-state index contributed by atoms with van der Waals surface area (Å²) in [7, 11) is 1.19. The van der Waals surface area contributed by atoms with Crippen molar-refractivity contribution in [1.82, 2.24) is 31.2 Å². The van der Waals surface area contributed by atoms with Gasteiger partial charge in [-0.2, -0.15) is 0 Å². The van der Waals surface area contributed by atoms with Crippen molar-refractivity contribution in [3.8, 4) is 0 Å². The highest BCUT2D eigenvalue weighted by Gasteiger charge is 2.40. The van der Waals surface area contributed by atoms with E-state index in [0.717, 1.165) is 22.3 Å². The molecule has 2 aromatic carbocycles. The summed E-state index contributed by atoms with van der Waals surface area (Å²) in [6, 6.07) is 11.2. The maximum atomic E-state index is 13.3. The smallest absolute Gasteiger partial charge is 0.328 e. The fourth-order valence-corrected chi connectivity index (χ4v) is 5.28. The fraction of sp³-hybridized carbons (Fsp3) is 0.441. The average Bonchev–Trinajstić information content (AvgIpc) is 3.78. The Labute approximate surface area is 268 Å². The minimum Gasteiger partial charge on any atom is -0.467 e. The molecule has 1 aromatic heterocycles. The Kier molecular flexibility index (Phi) is 11.4. The van der Waals surface area contributed by atoms with Gasteiger partial charge in [0, 0.05) is 30.3 Å². The zero-order chi connectivity index (χ0) is 33.3. The first kappa shape index (κ1) is 34.0. The van der Waals surface area contributed by atoms with Gasteiger partial charge in [-0.1, -0.05) is 62.2 Å². The van der Waals surface area contributed by atoms with E-state index in [1.165, 1.54) is 38.5 Å². The lowest BCUT2D eigenvalue weighted by molar-refractivity contribution is -0.145. The standard InChI is InChI=1S/C30H34N6O6.C4H8/c1-30(2)15-20(26(38)36-30)14-23(29(41)42-3)34-25(37)17-33-27(39)22(35-28(40)24-16-31-11-12-32-24)13-19-9-6-8-18-7-4-5-10-21(18)19;1-4-2-3-4/h4-12,16,20,22-23H,13-15,17H2,1-3H3,(H,33,39)(H,34,37)(H,35,40)(H,36,38);4H,2-3H2,1H3. The number of nitrogens with one attached hydrogen (secondary N) is 4. The summed E-state index contributed by atoms with van der Waals surface area (Å²) < 4.78 is 4.83. The number of nitrogens with zero attached hydrogens (tertiary/aromatic N) is 2. The first-order valence-corrected chi connectivity index (χ1v) is 15.5. The molecule has 0 bridgehead atoms. The lowest BCUT2D eigenvalue weighted by Crippen LogP contribution is -2.52. The molecule has 244 valence electrons. The number of carbonyl (C=O) groups is 5. The van der Waals surface area contributed by atoms with E-state index in [1.807, 2.05) is 56.3 Å². The number of rotatable bonds is 11. The van der Waals surface area contributed by atoms with E-state index in [1.54, 1.807) is 0 Å². The number of amides is 4. The number of aromatic nitrogens is 2. The number of benzene rings is 2. The van der Waals surface area contributed by atoms with E-state index < -0.39 is 53.8 Å². The Balaban J connectivity index is 0.00000111. The third-order valence-electron chi connectivity index (χ3n) is 7.94. The molecular weight excluding hydrogens is 588 g/mol. The quantitative estimate of drug-likeness (QED) is 0.234. The fourth-order valence-electron chi connectivity index (χ4n) is 5.28. The third kappa shape index (κ3) is 9.82. The molecule has 46 heavy (non-hydrogen) atoms. The molecule has 1 aliphatic heterocycles. The van der Waals surface area contributed by atoms with Crippen molar-refractivity contribution in [3.63, 3.8) is 0 Å². The summed E-state index contributed by atoms with van der Waals surface area (Å²) >= 11 is 0. The van der Waals surface area contributed by atoms with Gasteiger partial charge in [0.2, 0.25) is 17.7 Å². The second-order valence-electron chi connectivity index (χ2n) is 12.5. The average molecular weight is 631 g/mol. The van der Waals surface area contributed by atoms with Gasteiger partial charge >= 0.3 is 5.97 Å². The van der Waals surface area contributed by atoms with Gasteiger partial charge in [0.1, 0.15) is 17.8 Å². The maximum Gasteiger partial charge on any atom is 0.328 e. The van der Waals surface area contributed by atoms with Crippen molar-refractivity contribution < 1.29 is 28.7 Å². The molecular formula is C34H42N6O6. The number of hydrogen-bond donors (Lipinski definition) is 4. The number of carbonyl (C=O) groups excluding carboxylic acids is 5. The monoisotopic (exact) mass is 630 g/mol. The summed E-state index contributed by atoms with van der Waals surface area (Å²) in [5.41, 5.74) is 0.432. The van der Waals surface area contributed by atoms with Crippen molar-refractivity contribution in [2.75, 3.05) is 13.7 Å². The normalized spacial score (nSPS) is 17.8. The molecule has 12 nitrogen and oxygen atoms in total. The van der Waals surface area contributed by atoms with Crippen molar-refractivity contribution in [2.45, 2.75) is 70.5 Å². The highest BCUT2D eigenvalue weighted by molar-refractivity contribution is 5.97. The van der Waals surface area contributed by atoms with Crippen LogP contribution in [-0.2, 0) is 30.3 Å². The molecule has 3 atom stereocenters. The Hall–Kier alpha value is -4.87. The summed E-state index contributed by atoms with van der Waals surface area (Å²) in [4.78, 5) is 71.7. The Morgan fingerprint density at radius 1 is 1.02 bits per heavy atom. The second-order valence-corrected chi connectivity index (χ2v) is 12.5. The first-order valence-electron chi connectivity index (χ1n) is 15.5. The Bertz CT molecular complexity index is 1550. The van der Waals surface area contributed by atoms with Gasteiger partial charge in [0.15, 0.2) is 0 Å². The van der Waals surface area contributed by atoms with Crippen LogP contribution in [0.1, 0.15) is 62.5 Å². The van der Waals surface area contributed by atoms with Gasteiger partial charge in [-0.15, -0.1) is 0 Å². The number of methoxy groups -OCH3 is 1. The largest absolute Gasteiger partial charge is 0.467 e. The van der Waals surface area contributed by atoms with Gasteiger partial charge in [0.05, 0.1) is 19.9 Å². The molecule has 1 saturated carbocycles. The lowest BCUT2D eigenvalue weighted by atomic mass is 9.91. The Morgan fingerprint density at radius 3 is 2.37 bits per heavy atom. The SMILES string of the molecule is CC1CC1.COC(=O)C(CC1CC(C)(C)NC1=O)NC(=O)CNC(=O)C(Cc1cccc2ccccc12)NC(=O)c1cnccn1. The van der Waals surface area contributed by atoms with Crippen LogP contribution in [0, 0.1) is 11.8 Å². The summed E-state index contributed by atoms with van der Waals surface area (Å²) in [5, 5.41) is 12.6. The van der Waals surface area contributed by atoms with E-state index >= 15 is 0 Å². The lowest BCUT2D eigenvalue weighted by Gasteiger charge is -2.21. The molecule has 2 fully saturated rings. The Morgan fingerprint density at radius 2 is 1.74 bits per heavy atom. The molecule has 0 spiro atoms. The van der Waals surface area contributed by atoms with Crippen molar-refractivity contribution in [1.29, 1.82) is 0 Å². The van der Waals surface area contributed by atoms with Crippen LogP contribution in [0.2, 0.25) is 0 Å². The summed E-state index contributed by atoms with van der Waals surface area (Å²) in [5.74, 6) is -2.16. The van der Waals surface area contributed by atoms with Crippen LogP contribution in [0.25, 0.3) is 10.8 Å². The molecule has 2 aliphatic rings. The van der Waals surface area contributed by atoms with Gasteiger partial charge in [-0.05, 0) is 48.9 Å². The van der Waals surface area contributed by atoms with Crippen molar-refractivity contribution in [2.24, 2.45) is 11.8 Å². The van der Waals surface area contributed by atoms with E-state index in [4.69, 9.17) is 4.74 Å². The first-order chi connectivity index (χ1) is 22.0. The predicted molar refractivity (Wildman–Crippen MR) is 171 cm³/mol. The van der Waals surface area contributed by atoms with E-state index in [-0.39, 0.29) is 24.4 Å². The molecule has 12 heteroatoms. The number of ether oxygens (including phenoxy) is 1. The number of hydrogen-bond acceptors (Lipinski definition) is 8. The molecule has 1 aliphatic carbocycles. The minimum absolute atomic E-state index is 0.0333. The maximum absolute atomic E-state index is 13.3. The zero-order valence-electron chi connectivity index (χ0n) is 26.7. The van der Waals surface area contributed by atoms with E-state index in [2.05, 4.69) is 38.2 Å². The third-order valence-corrected chi connectivity index (χ3v) is 7.94. The highest BCUT2D eigenvalue weighted by atomic mass is 16.5. The zero-order valence-corrected chi connectivity index (χ0v) is 26.7. The van der Waals surface area contributed by atoms with Crippen LogP contribution in [0.3, 0.4) is 0 Å². The van der Waals surface area contributed by atoms with E-state index in [0.29, 0.717) is 6.42 Å². The van der Waals surface area contributed by atoms with Crippen molar-refractivity contribution in [3.05, 3.63) is 72.3 Å². The van der Waals surface area contributed by atoms with Crippen LogP contribution in [0.5, 0.6) is 0 Å². The molecule has 4 N–H and O–H groups in total. The second kappa shape index (κ2) is 15.4. The number of esters is 1. The molecule has 4 amide bonds. The van der Waals surface area contributed by atoms with Gasteiger partial charge in [-0.3, -0.25) is 24.2 Å². The molecule has 3 unspecified atom stereocenters. The highest BCUT2D eigenvalue weighted by Crippen LogP contribution is 2.28. The molecule has 2 heterocycles. The minimum atomic E-state index is -1.08. The van der Waals surface area contributed by atoms with Crippen molar-refractivity contribution >= 4 is 40.4 Å². The molecule has 0 radical (unpaired) electrons. The summed E-state index contributed by atoms with van der Waals surface area (Å²) in [6.45, 7) is 5.57. The van der Waals surface area contributed by atoms with Gasteiger partial charge in [0.25, 0.3) is 5.91 Å². The summed E-state index contributed by atoms with van der Waals surface area (Å²) in [6.07, 6.45) is 7.74. The number of fused-ring (bicyclic) bond motifs is 1. The topological polar surface area (TPSA) is 168 Å². The van der Waals surface area contributed by atoms with Crippen LogP contribution < -0.4 is 21.3 Å². The van der Waals surface area contributed by atoms with Crippen LogP contribution in [0.4, 0.5) is 0 Å². The van der Waals surface area contributed by atoms with Crippen LogP contribution in [-0.4, -0.2) is 70.8 Å². The molecule has 1 saturated heterocycles. The van der Waals surface area contributed by atoms with Gasteiger partial charge in [-0.25, -0.2) is 9.78 Å². The van der Waals surface area contributed by atoms with Gasteiger partial charge < -0.3 is 26.0 Å².